The number of ketones is 1. The first-order chi connectivity index (χ1) is 16.1. The van der Waals surface area contributed by atoms with Gasteiger partial charge in [-0.15, -0.1) is 11.3 Å². The number of amides is 1. The Bertz CT molecular complexity index is 1280. The molecule has 0 aliphatic heterocycles. The SMILES string of the molecule is CCOC(=O)c1c(NC(=O)c2ccn(COc3ccc([N+](=O)[O-])cc3Cl)n2)sc(C(C)=O)c1C. The van der Waals surface area contributed by atoms with E-state index in [4.69, 9.17) is 21.1 Å². The molecule has 1 amide bonds. The quantitative estimate of drug-likeness (QED) is 0.193. The summed E-state index contributed by atoms with van der Waals surface area (Å²) in [4.78, 5) is 47.6. The summed E-state index contributed by atoms with van der Waals surface area (Å²) in [5, 5.41) is 17.8. The summed E-state index contributed by atoms with van der Waals surface area (Å²) in [5.41, 5.74) is 0.420. The lowest BCUT2D eigenvalue weighted by Gasteiger charge is -2.08. The number of esters is 1. The topological polar surface area (TPSA) is 143 Å². The zero-order chi connectivity index (χ0) is 25.0. The van der Waals surface area contributed by atoms with Crippen LogP contribution in [0.5, 0.6) is 5.75 Å². The Labute approximate surface area is 202 Å². The number of thiophene rings is 1. The zero-order valence-corrected chi connectivity index (χ0v) is 19.9. The highest BCUT2D eigenvalue weighted by Crippen LogP contribution is 2.34. The van der Waals surface area contributed by atoms with E-state index in [0.29, 0.717) is 10.4 Å². The number of nitro groups is 1. The minimum absolute atomic E-state index is 0.0311. The van der Waals surface area contributed by atoms with Crippen molar-refractivity contribution in [1.82, 2.24) is 9.78 Å². The molecule has 0 saturated heterocycles. The van der Waals surface area contributed by atoms with E-state index in [2.05, 4.69) is 10.4 Å². The molecule has 13 heteroatoms. The number of non-ortho nitro benzene ring substituents is 1. The fraction of sp³-hybridized carbons (Fsp3) is 0.238. The molecule has 0 saturated carbocycles. The molecular weight excluding hydrogens is 488 g/mol. The van der Waals surface area contributed by atoms with Crippen molar-refractivity contribution in [2.45, 2.75) is 27.5 Å². The van der Waals surface area contributed by atoms with Gasteiger partial charge in [-0.2, -0.15) is 5.10 Å². The van der Waals surface area contributed by atoms with Crippen molar-refractivity contribution in [2.24, 2.45) is 0 Å². The van der Waals surface area contributed by atoms with Crippen LogP contribution in [-0.2, 0) is 11.5 Å². The number of rotatable bonds is 9. The fourth-order valence-electron chi connectivity index (χ4n) is 2.96. The molecule has 2 aromatic heterocycles. The highest BCUT2D eigenvalue weighted by molar-refractivity contribution is 7.18. The molecule has 0 unspecified atom stereocenters. The number of hydrogen-bond donors (Lipinski definition) is 1. The van der Waals surface area contributed by atoms with Gasteiger partial charge in [0.05, 0.1) is 27.0 Å². The van der Waals surface area contributed by atoms with Crippen LogP contribution in [0.15, 0.2) is 30.5 Å². The molecule has 0 aliphatic rings. The average molecular weight is 507 g/mol. The molecule has 34 heavy (non-hydrogen) atoms. The number of carbonyl (C=O) groups excluding carboxylic acids is 3. The molecule has 0 radical (unpaired) electrons. The maximum Gasteiger partial charge on any atom is 0.341 e. The van der Waals surface area contributed by atoms with Crippen molar-refractivity contribution in [2.75, 3.05) is 11.9 Å². The molecule has 1 aromatic carbocycles. The maximum absolute atomic E-state index is 12.7. The smallest absolute Gasteiger partial charge is 0.341 e. The molecule has 11 nitrogen and oxygen atoms in total. The van der Waals surface area contributed by atoms with Crippen LogP contribution in [0, 0.1) is 17.0 Å². The van der Waals surface area contributed by atoms with Crippen molar-refractivity contribution >= 4 is 51.3 Å². The van der Waals surface area contributed by atoms with Gasteiger partial charge in [0.1, 0.15) is 10.8 Å². The molecule has 3 aromatic rings. The summed E-state index contributed by atoms with van der Waals surface area (Å²) >= 11 is 6.99. The average Bonchev–Trinajstić information content (AvgIpc) is 3.37. The van der Waals surface area contributed by atoms with Crippen molar-refractivity contribution < 1.29 is 28.8 Å². The normalized spacial score (nSPS) is 10.6. The third-order valence-corrected chi connectivity index (χ3v) is 6.13. The number of nitro benzene ring substituents is 1. The maximum atomic E-state index is 12.7. The molecular formula is C21H19ClN4O7S. The number of ether oxygens (including phenoxy) is 2. The third-order valence-electron chi connectivity index (χ3n) is 4.53. The Kier molecular flexibility index (Phi) is 7.64. The van der Waals surface area contributed by atoms with E-state index in [-0.39, 0.29) is 51.8 Å². The fourth-order valence-corrected chi connectivity index (χ4v) is 4.28. The van der Waals surface area contributed by atoms with Crippen molar-refractivity contribution in [1.29, 1.82) is 0 Å². The first-order valence-electron chi connectivity index (χ1n) is 9.85. The van der Waals surface area contributed by atoms with Crippen molar-refractivity contribution in [3.05, 3.63) is 67.3 Å². The van der Waals surface area contributed by atoms with Crippen LogP contribution in [0.4, 0.5) is 10.7 Å². The van der Waals surface area contributed by atoms with E-state index in [9.17, 15) is 24.5 Å². The molecule has 3 rings (SSSR count). The lowest BCUT2D eigenvalue weighted by molar-refractivity contribution is -0.384. The number of benzene rings is 1. The number of carbonyl (C=O) groups is 3. The van der Waals surface area contributed by atoms with Gasteiger partial charge in [0, 0.05) is 18.3 Å². The van der Waals surface area contributed by atoms with Gasteiger partial charge in [0.15, 0.2) is 18.2 Å². The highest BCUT2D eigenvalue weighted by atomic mass is 35.5. The van der Waals surface area contributed by atoms with Gasteiger partial charge in [-0.3, -0.25) is 19.7 Å². The second kappa shape index (κ2) is 10.4. The second-order valence-electron chi connectivity index (χ2n) is 6.88. The Balaban J connectivity index is 1.74. The molecule has 0 spiro atoms. The largest absolute Gasteiger partial charge is 0.470 e. The molecule has 0 aliphatic carbocycles. The molecule has 0 atom stereocenters. The van der Waals surface area contributed by atoms with Crippen molar-refractivity contribution in [3.63, 3.8) is 0 Å². The van der Waals surface area contributed by atoms with Gasteiger partial charge in [-0.1, -0.05) is 11.6 Å². The number of hydrogen-bond acceptors (Lipinski definition) is 9. The predicted molar refractivity (Wildman–Crippen MR) is 124 cm³/mol. The second-order valence-corrected chi connectivity index (χ2v) is 8.30. The minimum Gasteiger partial charge on any atom is -0.470 e. The lowest BCUT2D eigenvalue weighted by atomic mass is 10.1. The van der Waals surface area contributed by atoms with E-state index in [1.54, 1.807) is 13.8 Å². The number of halogens is 1. The van der Waals surface area contributed by atoms with Crippen LogP contribution >= 0.6 is 22.9 Å². The van der Waals surface area contributed by atoms with E-state index in [1.165, 1.54) is 36.0 Å². The summed E-state index contributed by atoms with van der Waals surface area (Å²) in [6, 6.07) is 5.22. The first-order valence-corrected chi connectivity index (χ1v) is 11.0. The van der Waals surface area contributed by atoms with Crippen LogP contribution in [0.2, 0.25) is 5.02 Å². The van der Waals surface area contributed by atoms with E-state index < -0.39 is 16.8 Å². The van der Waals surface area contributed by atoms with Crippen LogP contribution < -0.4 is 10.1 Å². The minimum atomic E-state index is -0.641. The summed E-state index contributed by atoms with van der Waals surface area (Å²) in [5.74, 6) is -1.27. The predicted octanol–water partition coefficient (Wildman–Crippen LogP) is 4.48. The standard InChI is InChI=1S/C21H19ClN4O7S/c1-4-32-21(29)17-11(2)18(12(3)27)34-20(17)23-19(28)15-7-8-25(24-15)10-33-16-6-5-13(26(30)31)9-14(16)22/h5-9H,4,10H2,1-3H3,(H,23,28). The first kappa shape index (κ1) is 24.9. The van der Waals surface area contributed by atoms with Crippen LogP contribution in [-0.4, -0.2) is 39.0 Å². The molecule has 0 fully saturated rings. The van der Waals surface area contributed by atoms with Gasteiger partial charge in [-0.25, -0.2) is 9.48 Å². The number of Topliss-reactive ketones (excluding diaryl/α,β-unsaturated/α-hetero) is 1. The highest BCUT2D eigenvalue weighted by Gasteiger charge is 2.26. The number of anilines is 1. The van der Waals surface area contributed by atoms with Gasteiger partial charge >= 0.3 is 5.97 Å². The van der Waals surface area contributed by atoms with Crippen LogP contribution in [0.25, 0.3) is 0 Å². The summed E-state index contributed by atoms with van der Waals surface area (Å²) in [6.45, 7) is 4.66. The summed E-state index contributed by atoms with van der Waals surface area (Å²) in [7, 11) is 0. The van der Waals surface area contributed by atoms with E-state index in [1.807, 2.05) is 0 Å². The molecule has 2 heterocycles. The zero-order valence-electron chi connectivity index (χ0n) is 18.3. The lowest BCUT2D eigenvalue weighted by Crippen LogP contribution is -2.16. The van der Waals surface area contributed by atoms with E-state index in [0.717, 1.165) is 17.4 Å². The molecule has 0 bridgehead atoms. The Morgan fingerprint density at radius 2 is 2.03 bits per heavy atom. The van der Waals surface area contributed by atoms with Gasteiger partial charge in [-0.05, 0) is 38.5 Å². The Morgan fingerprint density at radius 1 is 1.29 bits per heavy atom. The monoisotopic (exact) mass is 506 g/mol. The van der Waals surface area contributed by atoms with Crippen LogP contribution in [0.1, 0.15) is 49.9 Å². The number of nitrogens with one attached hydrogen (secondary N) is 1. The van der Waals surface area contributed by atoms with E-state index >= 15 is 0 Å². The van der Waals surface area contributed by atoms with Crippen molar-refractivity contribution in [3.8, 4) is 5.75 Å². The number of aromatic nitrogens is 2. The molecule has 1 N–H and O–H groups in total. The summed E-state index contributed by atoms with van der Waals surface area (Å²) < 4.78 is 11.9. The van der Waals surface area contributed by atoms with Gasteiger partial charge in [0.25, 0.3) is 11.6 Å². The number of nitrogens with zero attached hydrogens (tertiary/aromatic N) is 3. The van der Waals surface area contributed by atoms with Gasteiger partial charge < -0.3 is 14.8 Å². The Hall–Kier alpha value is -3.77. The molecule has 178 valence electrons. The van der Waals surface area contributed by atoms with Crippen LogP contribution in [0.3, 0.4) is 0 Å². The van der Waals surface area contributed by atoms with Gasteiger partial charge in [0.2, 0.25) is 0 Å². The third kappa shape index (κ3) is 5.41. The summed E-state index contributed by atoms with van der Waals surface area (Å²) in [6.07, 6.45) is 1.49. The Morgan fingerprint density at radius 3 is 2.65 bits per heavy atom.